The number of amides is 3. The number of nitrogens with zero attached hydrogens (tertiary/aromatic N) is 1. The molecule has 0 unspecified atom stereocenters. The molecule has 0 spiro atoms. The van der Waals surface area contributed by atoms with Crippen molar-refractivity contribution < 1.29 is 19.3 Å². The van der Waals surface area contributed by atoms with E-state index in [2.05, 4.69) is 32.1 Å². The number of halogens is 1. The summed E-state index contributed by atoms with van der Waals surface area (Å²) < 4.78 is 0.820. The van der Waals surface area contributed by atoms with Crippen molar-refractivity contribution in [2.75, 3.05) is 5.32 Å². The van der Waals surface area contributed by atoms with Gasteiger partial charge >= 0.3 is 0 Å². The Labute approximate surface area is 184 Å². The molecule has 0 radical (unpaired) electrons. The second kappa shape index (κ2) is 9.63. The van der Waals surface area contributed by atoms with Crippen LogP contribution in [0.5, 0.6) is 0 Å². The molecule has 0 bridgehead atoms. The van der Waals surface area contributed by atoms with Crippen molar-refractivity contribution in [3.8, 4) is 0 Å². The number of hydrogen-bond donors (Lipinski definition) is 3. The fourth-order valence-corrected chi connectivity index (χ4v) is 2.80. The van der Waals surface area contributed by atoms with Crippen LogP contribution in [0, 0.1) is 10.1 Å². The predicted octanol–water partition coefficient (Wildman–Crippen LogP) is 3.68. The van der Waals surface area contributed by atoms with Gasteiger partial charge in [-0.2, -0.15) is 0 Å². The van der Waals surface area contributed by atoms with Gasteiger partial charge in [-0.05, 0) is 54.6 Å². The van der Waals surface area contributed by atoms with Crippen LogP contribution in [0.25, 0.3) is 0 Å². The van der Waals surface area contributed by atoms with Gasteiger partial charge in [-0.1, -0.05) is 22.0 Å². The van der Waals surface area contributed by atoms with Crippen LogP contribution in [0.3, 0.4) is 0 Å². The number of hydrogen-bond acceptors (Lipinski definition) is 5. The molecular formula is C21H15BrN4O5. The smallest absolute Gasteiger partial charge is 0.269 e. The van der Waals surface area contributed by atoms with Crippen molar-refractivity contribution in [1.82, 2.24) is 10.9 Å². The summed E-state index contributed by atoms with van der Waals surface area (Å²) in [7, 11) is 0. The van der Waals surface area contributed by atoms with E-state index in [1.165, 1.54) is 36.4 Å². The van der Waals surface area contributed by atoms with Gasteiger partial charge in [-0.3, -0.25) is 35.3 Å². The van der Waals surface area contributed by atoms with Crippen molar-refractivity contribution >= 4 is 45.0 Å². The number of non-ortho nitro benzene ring substituents is 1. The molecule has 0 aliphatic carbocycles. The van der Waals surface area contributed by atoms with Crippen LogP contribution in [0.4, 0.5) is 11.4 Å². The summed E-state index contributed by atoms with van der Waals surface area (Å²) in [5, 5.41) is 13.3. The van der Waals surface area contributed by atoms with Gasteiger partial charge < -0.3 is 5.32 Å². The lowest BCUT2D eigenvalue weighted by Gasteiger charge is -2.09. The number of carbonyl (C=O) groups is 3. The van der Waals surface area contributed by atoms with Crippen LogP contribution >= 0.6 is 15.9 Å². The molecule has 3 N–H and O–H groups in total. The Balaban J connectivity index is 1.61. The molecule has 0 aliphatic rings. The van der Waals surface area contributed by atoms with E-state index in [0.717, 1.165) is 4.47 Å². The van der Waals surface area contributed by atoms with Crippen LogP contribution in [0.1, 0.15) is 31.1 Å². The zero-order valence-corrected chi connectivity index (χ0v) is 17.4. The normalized spacial score (nSPS) is 10.1. The number of anilines is 1. The van der Waals surface area contributed by atoms with Gasteiger partial charge in [0.25, 0.3) is 23.4 Å². The van der Waals surface area contributed by atoms with Crippen LogP contribution in [0.2, 0.25) is 0 Å². The Morgan fingerprint density at radius 1 is 0.742 bits per heavy atom. The maximum absolute atomic E-state index is 12.3. The number of nitro benzene ring substituents is 1. The number of nitro groups is 1. The summed E-state index contributed by atoms with van der Waals surface area (Å²) >= 11 is 3.28. The highest BCUT2D eigenvalue weighted by Crippen LogP contribution is 2.15. The minimum atomic E-state index is -0.572. The van der Waals surface area contributed by atoms with Crippen molar-refractivity contribution in [3.63, 3.8) is 0 Å². The summed E-state index contributed by atoms with van der Waals surface area (Å²) in [6.07, 6.45) is 0. The summed E-state index contributed by atoms with van der Waals surface area (Å²) in [4.78, 5) is 46.9. The minimum Gasteiger partial charge on any atom is -0.322 e. The molecule has 0 saturated heterocycles. The van der Waals surface area contributed by atoms with Crippen molar-refractivity contribution in [2.24, 2.45) is 0 Å². The highest BCUT2D eigenvalue weighted by atomic mass is 79.9. The highest BCUT2D eigenvalue weighted by molar-refractivity contribution is 9.10. The topological polar surface area (TPSA) is 130 Å². The SMILES string of the molecule is O=C(NNC(=O)c1cccc(NC(=O)c2ccc([N+](=O)[O-])cc2)c1)c1ccc(Br)cc1. The zero-order chi connectivity index (χ0) is 22.4. The summed E-state index contributed by atoms with van der Waals surface area (Å²) in [6.45, 7) is 0. The zero-order valence-electron chi connectivity index (χ0n) is 15.8. The van der Waals surface area contributed by atoms with E-state index in [9.17, 15) is 24.5 Å². The number of rotatable bonds is 5. The lowest BCUT2D eigenvalue weighted by Crippen LogP contribution is -2.41. The molecule has 0 aromatic heterocycles. The minimum absolute atomic E-state index is 0.125. The lowest BCUT2D eigenvalue weighted by molar-refractivity contribution is -0.384. The average molecular weight is 483 g/mol. The maximum Gasteiger partial charge on any atom is 0.269 e. The molecule has 0 aliphatic heterocycles. The lowest BCUT2D eigenvalue weighted by atomic mass is 10.1. The van der Waals surface area contributed by atoms with E-state index >= 15 is 0 Å². The van der Waals surface area contributed by atoms with Gasteiger partial charge in [0, 0.05) is 39.0 Å². The Hall–Kier alpha value is -4.05. The molecule has 10 heteroatoms. The number of nitrogens with one attached hydrogen (secondary N) is 3. The molecule has 0 heterocycles. The first kappa shape index (κ1) is 21.7. The van der Waals surface area contributed by atoms with Crippen LogP contribution in [0.15, 0.2) is 77.3 Å². The van der Waals surface area contributed by atoms with E-state index < -0.39 is 22.6 Å². The van der Waals surface area contributed by atoms with Gasteiger partial charge in [-0.15, -0.1) is 0 Å². The summed E-state index contributed by atoms with van der Waals surface area (Å²) in [6, 6.07) is 17.8. The van der Waals surface area contributed by atoms with E-state index in [1.807, 2.05) is 0 Å². The van der Waals surface area contributed by atoms with E-state index in [-0.39, 0.29) is 16.8 Å². The van der Waals surface area contributed by atoms with Crippen LogP contribution < -0.4 is 16.2 Å². The molecule has 9 nitrogen and oxygen atoms in total. The number of benzene rings is 3. The molecule has 0 saturated carbocycles. The fraction of sp³-hybridized carbons (Fsp3) is 0. The first-order valence-electron chi connectivity index (χ1n) is 8.85. The quantitative estimate of drug-likeness (QED) is 0.377. The van der Waals surface area contributed by atoms with Crippen molar-refractivity contribution in [3.05, 3.63) is 104 Å². The Morgan fingerprint density at radius 2 is 1.29 bits per heavy atom. The predicted molar refractivity (Wildman–Crippen MR) is 117 cm³/mol. The standard InChI is InChI=1S/C21H15BrN4O5/c22-16-8-4-14(5-9-16)20(28)24-25-21(29)15-2-1-3-17(12-15)23-19(27)13-6-10-18(11-7-13)26(30)31/h1-12H,(H,23,27)(H,24,28)(H,25,29). The van der Waals surface area contributed by atoms with Gasteiger partial charge in [0.2, 0.25) is 0 Å². The molecule has 0 fully saturated rings. The summed E-state index contributed by atoms with van der Waals surface area (Å²) in [5.41, 5.74) is 5.65. The van der Waals surface area contributed by atoms with Gasteiger partial charge in [0.15, 0.2) is 0 Å². The molecule has 3 amide bonds. The fourth-order valence-electron chi connectivity index (χ4n) is 2.54. The van der Waals surface area contributed by atoms with E-state index in [1.54, 1.807) is 36.4 Å². The molecule has 156 valence electrons. The first-order valence-corrected chi connectivity index (χ1v) is 9.65. The Bertz CT molecular complexity index is 1150. The average Bonchev–Trinajstić information content (AvgIpc) is 2.78. The largest absolute Gasteiger partial charge is 0.322 e. The third-order valence-electron chi connectivity index (χ3n) is 4.12. The molecule has 3 rings (SSSR count). The number of carbonyl (C=O) groups excluding carboxylic acids is 3. The third-order valence-corrected chi connectivity index (χ3v) is 4.65. The summed E-state index contributed by atoms with van der Waals surface area (Å²) in [5.74, 6) is -1.55. The second-order valence-electron chi connectivity index (χ2n) is 6.25. The monoisotopic (exact) mass is 482 g/mol. The van der Waals surface area contributed by atoms with Gasteiger partial charge in [0.05, 0.1) is 4.92 Å². The molecule has 0 atom stereocenters. The molecule has 3 aromatic carbocycles. The second-order valence-corrected chi connectivity index (χ2v) is 7.17. The maximum atomic E-state index is 12.3. The van der Waals surface area contributed by atoms with Crippen molar-refractivity contribution in [2.45, 2.75) is 0 Å². The molecule has 3 aromatic rings. The molecular weight excluding hydrogens is 468 g/mol. The van der Waals surface area contributed by atoms with Crippen LogP contribution in [-0.4, -0.2) is 22.6 Å². The molecule has 31 heavy (non-hydrogen) atoms. The third kappa shape index (κ3) is 5.73. The van der Waals surface area contributed by atoms with Crippen molar-refractivity contribution in [1.29, 1.82) is 0 Å². The highest BCUT2D eigenvalue weighted by Gasteiger charge is 2.12. The van der Waals surface area contributed by atoms with Gasteiger partial charge in [-0.25, -0.2) is 0 Å². The van der Waals surface area contributed by atoms with E-state index in [4.69, 9.17) is 0 Å². The Kier molecular flexibility index (Phi) is 6.73. The first-order chi connectivity index (χ1) is 14.8. The van der Waals surface area contributed by atoms with E-state index in [0.29, 0.717) is 11.3 Å². The number of hydrazine groups is 1. The Morgan fingerprint density at radius 3 is 1.90 bits per heavy atom. The van der Waals surface area contributed by atoms with Crippen LogP contribution in [-0.2, 0) is 0 Å². The van der Waals surface area contributed by atoms with Gasteiger partial charge in [0.1, 0.15) is 0 Å².